The SMILES string of the molecule is Cc1ccc(C(=O)C2CCN(C(=O)c3ccc(-n4cnnn4)cc3)CC2)cc1. The Morgan fingerprint density at radius 1 is 0.929 bits per heavy atom. The second kappa shape index (κ2) is 7.72. The lowest BCUT2D eigenvalue weighted by Gasteiger charge is -2.31. The maximum atomic E-state index is 12.8. The van der Waals surface area contributed by atoms with Crippen LogP contribution < -0.4 is 0 Å². The first kappa shape index (κ1) is 18.0. The molecule has 2 aromatic carbocycles. The van der Waals surface area contributed by atoms with E-state index in [1.165, 1.54) is 11.0 Å². The minimum absolute atomic E-state index is 0.00972. The van der Waals surface area contributed by atoms with E-state index >= 15 is 0 Å². The number of Topliss-reactive ketones (excluding diaryl/α,β-unsaturated/α-hetero) is 1. The molecule has 0 spiro atoms. The Hall–Kier alpha value is -3.35. The van der Waals surface area contributed by atoms with Crippen LogP contribution >= 0.6 is 0 Å². The van der Waals surface area contributed by atoms with Crippen molar-refractivity contribution < 1.29 is 9.59 Å². The number of benzene rings is 2. The van der Waals surface area contributed by atoms with E-state index in [-0.39, 0.29) is 17.6 Å². The number of rotatable bonds is 4. The number of tetrazole rings is 1. The molecule has 1 fully saturated rings. The fraction of sp³-hybridized carbons (Fsp3) is 0.286. The Morgan fingerprint density at radius 2 is 1.57 bits per heavy atom. The molecule has 0 unspecified atom stereocenters. The van der Waals surface area contributed by atoms with Crippen LogP contribution in [0, 0.1) is 12.8 Å². The van der Waals surface area contributed by atoms with Crippen LogP contribution in [0.2, 0.25) is 0 Å². The first-order chi connectivity index (χ1) is 13.6. The molecule has 0 atom stereocenters. The second-order valence-corrected chi connectivity index (χ2v) is 7.10. The first-order valence-electron chi connectivity index (χ1n) is 9.35. The van der Waals surface area contributed by atoms with E-state index in [1.807, 2.05) is 48.2 Å². The van der Waals surface area contributed by atoms with Crippen molar-refractivity contribution >= 4 is 11.7 Å². The van der Waals surface area contributed by atoms with E-state index in [4.69, 9.17) is 0 Å². The third-order valence-corrected chi connectivity index (χ3v) is 5.22. The standard InChI is InChI=1S/C21H21N5O2/c1-15-2-4-16(5-3-15)20(27)17-10-12-25(13-11-17)21(28)18-6-8-19(9-7-18)26-14-22-23-24-26/h2-9,14,17H,10-13H2,1H3. The van der Waals surface area contributed by atoms with Gasteiger partial charge in [0.1, 0.15) is 6.33 Å². The van der Waals surface area contributed by atoms with Crippen LogP contribution in [-0.4, -0.2) is 49.9 Å². The number of carbonyl (C=O) groups excluding carboxylic acids is 2. The number of ketones is 1. The number of hydrogen-bond donors (Lipinski definition) is 0. The molecule has 1 aliphatic heterocycles. The normalized spacial score (nSPS) is 14.8. The second-order valence-electron chi connectivity index (χ2n) is 7.10. The van der Waals surface area contributed by atoms with E-state index in [2.05, 4.69) is 15.5 Å². The minimum atomic E-state index is -0.0195. The van der Waals surface area contributed by atoms with Gasteiger partial charge in [-0.2, -0.15) is 0 Å². The Kier molecular flexibility index (Phi) is 4.97. The number of aromatic nitrogens is 4. The van der Waals surface area contributed by atoms with Gasteiger partial charge in [-0.3, -0.25) is 9.59 Å². The van der Waals surface area contributed by atoms with E-state index in [0.717, 1.165) is 16.8 Å². The average molecular weight is 375 g/mol. The number of nitrogens with zero attached hydrogens (tertiary/aromatic N) is 5. The van der Waals surface area contributed by atoms with Gasteiger partial charge in [0.2, 0.25) is 0 Å². The number of aryl methyl sites for hydroxylation is 1. The van der Waals surface area contributed by atoms with Gasteiger partial charge in [0.25, 0.3) is 5.91 Å². The number of hydrogen-bond acceptors (Lipinski definition) is 5. The van der Waals surface area contributed by atoms with Gasteiger partial charge in [0, 0.05) is 30.1 Å². The van der Waals surface area contributed by atoms with Crippen LogP contribution in [0.1, 0.15) is 39.1 Å². The summed E-state index contributed by atoms with van der Waals surface area (Å²) in [5, 5.41) is 11.0. The number of likely N-dealkylation sites (tertiary alicyclic amines) is 1. The molecule has 1 saturated heterocycles. The van der Waals surface area contributed by atoms with Crippen LogP contribution in [0.25, 0.3) is 5.69 Å². The molecule has 0 bridgehead atoms. The number of amides is 1. The molecule has 2 heterocycles. The molecular weight excluding hydrogens is 354 g/mol. The summed E-state index contributed by atoms with van der Waals surface area (Å²) >= 11 is 0. The molecule has 1 aromatic heterocycles. The highest BCUT2D eigenvalue weighted by Crippen LogP contribution is 2.23. The molecule has 0 aliphatic carbocycles. The zero-order valence-electron chi connectivity index (χ0n) is 15.7. The van der Waals surface area contributed by atoms with Gasteiger partial charge < -0.3 is 4.90 Å². The summed E-state index contributed by atoms with van der Waals surface area (Å²) < 4.78 is 1.54. The van der Waals surface area contributed by atoms with E-state index < -0.39 is 0 Å². The first-order valence-corrected chi connectivity index (χ1v) is 9.35. The molecule has 1 aliphatic rings. The van der Waals surface area contributed by atoms with E-state index in [1.54, 1.807) is 12.1 Å². The maximum absolute atomic E-state index is 12.8. The fourth-order valence-electron chi connectivity index (χ4n) is 3.52. The quantitative estimate of drug-likeness (QED) is 0.655. The predicted molar refractivity (Wildman–Crippen MR) is 103 cm³/mol. The number of carbonyl (C=O) groups is 2. The highest BCUT2D eigenvalue weighted by atomic mass is 16.2. The van der Waals surface area contributed by atoms with E-state index in [9.17, 15) is 9.59 Å². The van der Waals surface area contributed by atoms with Crippen molar-refractivity contribution in [2.45, 2.75) is 19.8 Å². The van der Waals surface area contributed by atoms with Crippen LogP contribution in [0.4, 0.5) is 0 Å². The molecule has 7 nitrogen and oxygen atoms in total. The molecule has 0 N–H and O–H groups in total. The summed E-state index contributed by atoms with van der Waals surface area (Å²) in [6.07, 6.45) is 2.90. The molecule has 0 radical (unpaired) electrons. The molecule has 3 aromatic rings. The molecule has 28 heavy (non-hydrogen) atoms. The summed E-state index contributed by atoms with van der Waals surface area (Å²) in [6.45, 7) is 3.19. The zero-order chi connectivity index (χ0) is 19.5. The number of piperidine rings is 1. The topological polar surface area (TPSA) is 81.0 Å². The van der Waals surface area contributed by atoms with E-state index in [0.29, 0.717) is 31.5 Å². The van der Waals surface area contributed by atoms with Crippen LogP contribution in [-0.2, 0) is 0 Å². The highest BCUT2D eigenvalue weighted by Gasteiger charge is 2.28. The van der Waals surface area contributed by atoms with Crippen LogP contribution in [0.5, 0.6) is 0 Å². The summed E-state index contributed by atoms with van der Waals surface area (Å²) in [5.41, 5.74) is 3.32. The Morgan fingerprint density at radius 3 is 2.18 bits per heavy atom. The van der Waals surface area contributed by atoms with Crippen molar-refractivity contribution in [3.63, 3.8) is 0 Å². The van der Waals surface area contributed by atoms with Gasteiger partial charge in [-0.15, -0.1) is 5.10 Å². The molecule has 142 valence electrons. The van der Waals surface area contributed by atoms with Gasteiger partial charge in [-0.25, -0.2) is 4.68 Å². The smallest absolute Gasteiger partial charge is 0.253 e. The van der Waals surface area contributed by atoms with Crippen molar-refractivity contribution in [2.24, 2.45) is 5.92 Å². The molecule has 1 amide bonds. The van der Waals surface area contributed by atoms with Gasteiger partial charge in [0.15, 0.2) is 5.78 Å². The van der Waals surface area contributed by atoms with Crippen molar-refractivity contribution in [3.05, 3.63) is 71.5 Å². The highest BCUT2D eigenvalue weighted by molar-refractivity contribution is 5.98. The Bertz CT molecular complexity index is 957. The molecule has 4 rings (SSSR count). The minimum Gasteiger partial charge on any atom is -0.339 e. The van der Waals surface area contributed by atoms with Crippen LogP contribution in [0.15, 0.2) is 54.9 Å². The maximum Gasteiger partial charge on any atom is 0.253 e. The van der Waals surface area contributed by atoms with Crippen LogP contribution in [0.3, 0.4) is 0 Å². The summed E-state index contributed by atoms with van der Waals surface area (Å²) in [6, 6.07) is 14.9. The lowest BCUT2D eigenvalue weighted by molar-refractivity contribution is 0.0650. The van der Waals surface area contributed by atoms with Gasteiger partial charge in [-0.1, -0.05) is 29.8 Å². The summed E-state index contributed by atoms with van der Waals surface area (Å²) in [5.74, 6) is 0.149. The predicted octanol–water partition coefficient (Wildman–Crippen LogP) is 2.71. The van der Waals surface area contributed by atoms with Crippen molar-refractivity contribution in [3.8, 4) is 5.69 Å². The third kappa shape index (κ3) is 3.69. The molecule has 7 heteroatoms. The zero-order valence-corrected chi connectivity index (χ0v) is 15.7. The van der Waals surface area contributed by atoms with Gasteiger partial charge >= 0.3 is 0 Å². The third-order valence-electron chi connectivity index (χ3n) is 5.22. The van der Waals surface area contributed by atoms with Gasteiger partial charge in [0.05, 0.1) is 5.69 Å². The average Bonchev–Trinajstić information content (AvgIpc) is 3.28. The Balaban J connectivity index is 1.37. The lowest BCUT2D eigenvalue weighted by Crippen LogP contribution is -2.40. The Labute approximate surface area is 163 Å². The molecule has 0 saturated carbocycles. The van der Waals surface area contributed by atoms with Crippen molar-refractivity contribution in [1.29, 1.82) is 0 Å². The largest absolute Gasteiger partial charge is 0.339 e. The fourth-order valence-corrected chi connectivity index (χ4v) is 3.52. The van der Waals surface area contributed by atoms with Crippen molar-refractivity contribution in [2.75, 3.05) is 13.1 Å². The summed E-state index contributed by atoms with van der Waals surface area (Å²) in [7, 11) is 0. The van der Waals surface area contributed by atoms with Gasteiger partial charge in [-0.05, 0) is 54.5 Å². The monoisotopic (exact) mass is 375 g/mol. The summed E-state index contributed by atoms with van der Waals surface area (Å²) in [4.78, 5) is 27.3. The molecular formula is C21H21N5O2. The van der Waals surface area contributed by atoms with Crippen molar-refractivity contribution in [1.82, 2.24) is 25.1 Å². The lowest BCUT2D eigenvalue weighted by atomic mass is 9.88.